The third kappa shape index (κ3) is 6.64. The standard InChI is InChI=1S/C20H30.C2H6/c1-15(9-10-16(2)19(3,4)5)17-11-13-18(14-12-17)20(6,7)8;1-2/h9-14H,1-8H3;1-2H3/b15-9+,16-10+;. The molecule has 0 amide bonds. The zero-order valence-corrected chi connectivity index (χ0v) is 16.5. The Morgan fingerprint density at radius 1 is 0.773 bits per heavy atom. The zero-order chi connectivity index (χ0) is 17.6. The Kier molecular flexibility index (Phi) is 7.87. The molecule has 0 N–H and O–H groups in total. The highest BCUT2D eigenvalue weighted by molar-refractivity contribution is 5.65. The van der Waals surface area contributed by atoms with Crippen molar-refractivity contribution in [2.45, 2.75) is 74.7 Å². The average Bonchev–Trinajstić information content (AvgIpc) is 2.44. The average molecular weight is 301 g/mol. The van der Waals surface area contributed by atoms with Crippen LogP contribution in [0.1, 0.15) is 80.4 Å². The van der Waals surface area contributed by atoms with Gasteiger partial charge in [-0.15, -0.1) is 0 Å². The van der Waals surface area contributed by atoms with Gasteiger partial charge in [0, 0.05) is 0 Å². The number of hydrogen-bond donors (Lipinski definition) is 0. The van der Waals surface area contributed by atoms with Crippen molar-refractivity contribution in [2.24, 2.45) is 5.41 Å². The minimum Gasteiger partial charge on any atom is -0.0683 e. The van der Waals surface area contributed by atoms with Crippen molar-refractivity contribution >= 4 is 5.57 Å². The van der Waals surface area contributed by atoms with Crippen LogP contribution in [0.2, 0.25) is 0 Å². The van der Waals surface area contributed by atoms with Crippen molar-refractivity contribution < 1.29 is 0 Å². The van der Waals surface area contributed by atoms with Crippen LogP contribution in [0.4, 0.5) is 0 Å². The molecule has 0 heteroatoms. The van der Waals surface area contributed by atoms with E-state index in [9.17, 15) is 0 Å². The molecule has 0 spiro atoms. The molecule has 22 heavy (non-hydrogen) atoms. The van der Waals surface area contributed by atoms with Gasteiger partial charge >= 0.3 is 0 Å². The van der Waals surface area contributed by atoms with E-state index in [1.165, 1.54) is 22.3 Å². The van der Waals surface area contributed by atoms with Gasteiger partial charge in [0.1, 0.15) is 0 Å². The molecule has 124 valence electrons. The molecule has 0 bridgehead atoms. The highest BCUT2D eigenvalue weighted by Crippen LogP contribution is 2.26. The SMILES string of the molecule is C/C(=C\C=C(/C)C(C)(C)C)c1ccc(C(C)(C)C)cc1.CC. The largest absolute Gasteiger partial charge is 0.0683 e. The van der Waals surface area contributed by atoms with Crippen molar-refractivity contribution in [1.82, 2.24) is 0 Å². The number of benzene rings is 1. The van der Waals surface area contributed by atoms with E-state index < -0.39 is 0 Å². The molecule has 0 fully saturated rings. The Morgan fingerprint density at radius 3 is 1.59 bits per heavy atom. The fourth-order valence-corrected chi connectivity index (χ4v) is 1.83. The zero-order valence-electron chi connectivity index (χ0n) is 16.5. The molecule has 1 rings (SSSR count). The molecule has 0 aliphatic rings. The lowest BCUT2D eigenvalue weighted by molar-refractivity contribution is 0.504. The second-order valence-electron chi connectivity index (χ2n) is 7.78. The van der Waals surface area contributed by atoms with Crippen LogP contribution < -0.4 is 0 Å². The topological polar surface area (TPSA) is 0 Å². The molecule has 0 aliphatic heterocycles. The van der Waals surface area contributed by atoms with Gasteiger partial charge in [-0.25, -0.2) is 0 Å². The quantitative estimate of drug-likeness (QED) is 0.499. The number of allylic oxidation sites excluding steroid dienone is 4. The van der Waals surface area contributed by atoms with Gasteiger partial charge in [-0.2, -0.15) is 0 Å². The minimum atomic E-state index is 0.221. The third-order valence-electron chi connectivity index (χ3n) is 3.97. The fraction of sp³-hybridized carbons (Fsp3) is 0.545. The van der Waals surface area contributed by atoms with Crippen LogP contribution >= 0.6 is 0 Å². The Bertz CT molecular complexity index is 496. The van der Waals surface area contributed by atoms with Gasteiger partial charge < -0.3 is 0 Å². The maximum absolute atomic E-state index is 2.25. The molecule has 0 nitrogen and oxygen atoms in total. The lowest BCUT2D eigenvalue weighted by Gasteiger charge is -2.19. The molecule has 0 unspecified atom stereocenters. The summed E-state index contributed by atoms with van der Waals surface area (Å²) in [6.07, 6.45) is 4.47. The van der Waals surface area contributed by atoms with E-state index >= 15 is 0 Å². The van der Waals surface area contributed by atoms with Gasteiger partial charge in [0.2, 0.25) is 0 Å². The molecule has 0 saturated carbocycles. The molecule has 0 heterocycles. The van der Waals surface area contributed by atoms with Crippen molar-refractivity contribution in [1.29, 1.82) is 0 Å². The third-order valence-corrected chi connectivity index (χ3v) is 3.97. The van der Waals surface area contributed by atoms with Crippen LogP contribution in [-0.2, 0) is 5.41 Å². The Balaban J connectivity index is 0.00000211. The monoisotopic (exact) mass is 300 g/mol. The summed E-state index contributed by atoms with van der Waals surface area (Å²) in [5.74, 6) is 0. The van der Waals surface area contributed by atoms with Gasteiger partial charge in [0.25, 0.3) is 0 Å². The molecular formula is C22H36. The smallest absolute Gasteiger partial charge is 0.0132 e. The summed E-state index contributed by atoms with van der Waals surface area (Å²) in [5, 5.41) is 0. The van der Waals surface area contributed by atoms with E-state index in [2.05, 4.69) is 91.8 Å². The predicted octanol–water partition coefficient (Wildman–Crippen LogP) is 7.41. The Labute approximate surface area is 139 Å². The van der Waals surface area contributed by atoms with Crippen LogP contribution in [0.5, 0.6) is 0 Å². The van der Waals surface area contributed by atoms with Crippen LogP contribution in [0.3, 0.4) is 0 Å². The van der Waals surface area contributed by atoms with Gasteiger partial charge in [0.05, 0.1) is 0 Å². The number of hydrogen-bond acceptors (Lipinski definition) is 0. The maximum atomic E-state index is 2.25. The summed E-state index contributed by atoms with van der Waals surface area (Å²) < 4.78 is 0. The van der Waals surface area contributed by atoms with Gasteiger partial charge in [0.15, 0.2) is 0 Å². The van der Waals surface area contributed by atoms with Gasteiger partial charge in [-0.05, 0) is 41.4 Å². The first-order valence-corrected chi connectivity index (χ1v) is 8.48. The molecule has 0 saturated heterocycles. The number of rotatable bonds is 2. The van der Waals surface area contributed by atoms with Crippen LogP contribution in [0.15, 0.2) is 42.0 Å². The van der Waals surface area contributed by atoms with E-state index in [1.807, 2.05) is 13.8 Å². The van der Waals surface area contributed by atoms with Crippen molar-refractivity contribution in [2.75, 3.05) is 0 Å². The highest BCUT2D eigenvalue weighted by Gasteiger charge is 2.13. The molecular weight excluding hydrogens is 264 g/mol. The van der Waals surface area contributed by atoms with E-state index in [-0.39, 0.29) is 10.8 Å². The Morgan fingerprint density at radius 2 is 1.23 bits per heavy atom. The van der Waals surface area contributed by atoms with E-state index in [4.69, 9.17) is 0 Å². The minimum absolute atomic E-state index is 0.221. The fourth-order valence-electron chi connectivity index (χ4n) is 1.83. The van der Waals surface area contributed by atoms with Crippen LogP contribution in [0, 0.1) is 5.41 Å². The molecule has 1 aromatic carbocycles. The normalized spacial score (nSPS) is 13.5. The van der Waals surface area contributed by atoms with Gasteiger partial charge in [-0.1, -0.05) is 97.4 Å². The summed E-state index contributed by atoms with van der Waals surface area (Å²) in [4.78, 5) is 0. The molecule has 0 aromatic heterocycles. The molecule has 1 aromatic rings. The Hall–Kier alpha value is -1.30. The summed E-state index contributed by atoms with van der Waals surface area (Å²) in [6, 6.07) is 8.94. The lowest BCUT2D eigenvalue weighted by atomic mass is 9.86. The second-order valence-corrected chi connectivity index (χ2v) is 7.78. The first-order chi connectivity index (χ1) is 10.0. The summed E-state index contributed by atoms with van der Waals surface area (Å²) >= 11 is 0. The van der Waals surface area contributed by atoms with Crippen molar-refractivity contribution in [3.05, 3.63) is 53.1 Å². The van der Waals surface area contributed by atoms with E-state index in [1.54, 1.807) is 0 Å². The summed E-state index contributed by atoms with van der Waals surface area (Å²) in [5.41, 5.74) is 5.87. The van der Waals surface area contributed by atoms with Crippen LogP contribution in [0.25, 0.3) is 5.57 Å². The molecule has 0 radical (unpaired) electrons. The summed E-state index contributed by atoms with van der Waals surface area (Å²) in [7, 11) is 0. The first-order valence-electron chi connectivity index (χ1n) is 8.48. The van der Waals surface area contributed by atoms with E-state index in [0.29, 0.717) is 0 Å². The highest BCUT2D eigenvalue weighted by atomic mass is 14.2. The second kappa shape index (κ2) is 8.36. The summed E-state index contributed by atoms with van der Waals surface area (Å²) in [6.45, 7) is 21.9. The predicted molar refractivity (Wildman–Crippen MR) is 103 cm³/mol. The van der Waals surface area contributed by atoms with Crippen LogP contribution in [-0.4, -0.2) is 0 Å². The van der Waals surface area contributed by atoms with E-state index in [0.717, 1.165) is 0 Å². The maximum Gasteiger partial charge on any atom is -0.0132 e. The first kappa shape index (κ1) is 20.7. The molecule has 0 aliphatic carbocycles. The molecule has 0 atom stereocenters. The lowest BCUT2D eigenvalue weighted by Crippen LogP contribution is -2.10. The van der Waals surface area contributed by atoms with Gasteiger partial charge in [-0.3, -0.25) is 0 Å². The van der Waals surface area contributed by atoms with Crippen molar-refractivity contribution in [3.63, 3.8) is 0 Å². The van der Waals surface area contributed by atoms with Crippen molar-refractivity contribution in [3.8, 4) is 0 Å².